The van der Waals surface area contributed by atoms with Gasteiger partial charge in [0.2, 0.25) is 0 Å². The summed E-state index contributed by atoms with van der Waals surface area (Å²) in [7, 11) is 0. The minimum absolute atomic E-state index is 1.05. The van der Waals surface area contributed by atoms with Crippen molar-refractivity contribution < 1.29 is 0 Å². The molecule has 4 aliphatic rings. The van der Waals surface area contributed by atoms with Gasteiger partial charge < -0.3 is 4.90 Å². The highest BCUT2D eigenvalue weighted by Gasteiger charge is 2.39. The third-order valence-electron chi connectivity index (χ3n) is 7.48. The van der Waals surface area contributed by atoms with Gasteiger partial charge in [0.1, 0.15) is 0 Å². The van der Waals surface area contributed by atoms with Crippen LogP contribution in [-0.4, -0.2) is 0 Å². The number of anilines is 3. The SMILES string of the molecule is c1ccc2c(c1)Cc1c-2cc2c3c1Cc1cccc4c1N3c1c(cccc1C2)C4. The first kappa shape index (κ1) is 14.6. The maximum Gasteiger partial charge on any atom is 0.0536 e. The smallest absolute Gasteiger partial charge is 0.0536 e. The first-order valence-corrected chi connectivity index (χ1v) is 10.6. The first-order chi connectivity index (χ1) is 14.4. The first-order valence-electron chi connectivity index (χ1n) is 10.6. The molecule has 0 fully saturated rings. The monoisotopic (exact) mass is 369 g/mol. The van der Waals surface area contributed by atoms with E-state index < -0.39 is 0 Å². The van der Waals surface area contributed by atoms with Crippen LogP contribution in [0.1, 0.15) is 44.5 Å². The molecule has 3 heterocycles. The molecule has 0 radical (unpaired) electrons. The van der Waals surface area contributed by atoms with E-state index in [1.807, 2.05) is 0 Å². The van der Waals surface area contributed by atoms with Crippen LogP contribution in [0.2, 0.25) is 0 Å². The van der Waals surface area contributed by atoms with Crippen molar-refractivity contribution in [1.29, 1.82) is 0 Å². The van der Waals surface area contributed by atoms with Gasteiger partial charge in [0.15, 0.2) is 0 Å². The highest BCUT2D eigenvalue weighted by Crippen LogP contribution is 2.58. The molecule has 136 valence electrons. The molecule has 0 bridgehead atoms. The third-order valence-corrected chi connectivity index (χ3v) is 7.48. The van der Waals surface area contributed by atoms with Crippen LogP contribution in [0.25, 0.3) is 11.1 Å². The molecule has 29 heavy (non-hydrogen) atoms. The summed E-state index contributed by atoms with van der Waals surface area (Å²) in [4.78, 5) is 2.64. The maximum absolute atomic E-state index is 2.64. The van der Waals surface area contributed by atoms with Crippen LogP contribution >= 0.6 is 0 Å². The number of hydrogen-bond acceptors (Lipinski definition) is 1. The minimum atomic E-state index is 1.05. The van der Waals surface area contributed by atoms with Gasteiger partial charge in [0.05, 0.1) is 17.1 Å². The van der Waals surface area contributed by atoms with Crippen molar-refractivity contribution in [2.45, 2.75) is 25.7 Å². The Bertz CT molecular complexity index is 1390. The van der Waals surface area contributed by atoms with E-state index in [2.05, 4.69) is 71.6 Å². The minimum Gasteiger partial charge on any atom is -0.309 e. The Labute approximate surface area is 170 Å². The third kappa shape index (κ3) is 1.65. The van der Waals surface area contributed by atoms with E-state index in [0.29, 0.717) is 0 Å². The zero-order chi connectivity index (χ0) is 18.7. The van der Waals surface area contributed by atoms with Gasteiger partial charge in [0.25, 0.3) is 0 Å². The van der Waals surface area contributed by atoms with Gasteiger partial charge in [0, 0.05) is 19.3 Å². The van der Waals surface area contributed by atoms with Crippen molar-refractivity contribution in [3.63, 3.8) is 0 Å². The molecule has 0 amide bonds. The Morgan fingerprint density at radius 1 is 0.448 bits per heavy atom. The van der Waals surface area contributed by atoms with Crippen LogP contribution in [0.15, 0.2) is 66.7 Å². The molecule has 0 saturated heterocycles. The van der Waals surface area contributed by atoms with E-state index in [1.54, 1.807) is 11.1 Å². The molecular formula is C28H19N. The normalized spacial score (nSPS) is 15.7. The quantitative estimate of drug-likeness (QED) is 0.297. The van der Waals surface area contributed by atoms with E-state index in [9.17, 15) is 0 Å². The molecule has 0 aromatic heterocycles. The number of hydrogen-bond donors (Lipinski definition) is 0. The highest BCUT2D eigenvalue weighted by molar-refractivity contribution is 5.96. The Morgan fingerprint density at radius 2 is 1.03 bits per heavy atom. The summed E-state index contributed by atoms with van der Waals surface area (Å²) in [6.07, 6.45) is 4.25. The number of benzene rings is 4. The van der Waals surface area contributed by atoms with Crippen LogP contribution in [0.4, 0.5) is 17.1 Å². The summed E-state index contributed by atoms with van der Waals surface area (Å²) in [5, 5.41) is 0. The second-order valence-corrected chi connectivity index (χ2v) is 8.94. The fourth-order valence-electron chi connectivity index (χ4n) is 6.37. The number of nitrogens with zero attached hydrogens (tertiary/aromatic N) is 1. The van der Waals surface area contributed by atoms with Crippen LogP contribution in [0.3, 0.4) is 0 Å². The Hall–Kier alpha value is -3.32. The molecule has 1 aliphatic carbocycles. The molecule has 1 nitrogen and oxygen atoms in total. The molecule has 0 spiro atoms. The van der Waals surface area contributed by atoms with Crippen LogP contribution < -0.4 is 4.90 Å². The summed E-state index contributed by atoms with van der Waals surface area (Å²) >= 11 is 0. The van der Waals surface area contributed by atoms with Crippen molar-refractivity contribution in [1.82, 2.24) is 0 Å². The lowest BCUT2D eigenvalue weighted by molar-refractivity contribution is 0.947. The zero-order valence-electron chi connectivity index (χ0n) is 16.1. The number of rotatable bonds is 0. The molecule has 3 aliphatic heterocycles. The summed E-state index contributed by atoms with van der Waals surface area (Å²) in [6.45, 7) is 0. The molecule has 8 rings (SSSR count). The van der Waals surface area contributed by atoms with Gasteiger partial charge in [-0.2, -0.15) is 0 Å². The second kappa shape index (κ2) is 4.80. The van der Waals surface area contributed by atoms with Crippen molar-refractivity contribution in [2.24, 2.45) is 0 Å². The largest absolute Gasteiger partial charge is 0.309 e. The average molecular weight is 369 g/mol. The topological polar surface area (TPSA) is 3.24 Å². The van der Waals surface area contributed by atoms with Gasteiger partial charge in [-0.15, -0.1) is 0 Å². The highest BCUT2D eigenvalue weighted by atomic mass is 15.2. The predicted molar refractivity (Wildman–Crippen MR) is 118 cm³/mol. The lowest BCUT2D eigenvalue weighted by Gasteiger charge is -2.44. The standard InChI is InChI=1S/C28H19N/c1-2-10-22-16(5-1)13-24-23(22)15-21-12-19-8-3-6-17-11-18-7-4-9-20-14-25(24)28(21)29(26(17)19)27(18)20/h1-10,15H,11-14H2. The number of para-hydroxylation sites is 2. The molecular weight excluding hydrogens is 350 g/mol. The van der Waals surface area contributed by atoms with Gasteiger partial charge >= 0.3 is 0 Å². The fraction of sp³-hybridized carbons (Fsp3) is 0.143. The van der Waals surface area contributed by atoms with Gasteiger partial charge in [-0.05, 0) is 68.1 Å². The maximum atomic E-state index is 2.64. The summed E-state index contributed by atoms with van der Waals surface area (Å²) < 4.78 is 0. The van der Waals surface area contributed by atoms with E-state index in [1.165, 1.54) is 61.6 Å². The van der Waals surface area contributed by atoms with Gasteiger partial charge in [-0.3, -0.25) is 0 Å². The average Bonchev–Trinajstić information content (AvgIpc) is 3.13. The van der Waals surface area contributed by atoms with Crippen molar-refractivity contribution in [3.8, 4) is 11.1 Å². The Balaban J connectivity index is 1.51. The van der Waals surface area contributed by atoms with Crippen molar-refractivity contribution in [3.05, 3.63) is 111 Å². The molecule has 4 aromatic rings. The second-order valence-electron chi connectivity index (χ2n) is 8.94. The predicted octanol–water partition coefficient (Wildman–Crippen LogP) is 6.44. The van der Waals surface area contributed by atoms with Gasteiger partial charge in [-0.25, -0.2) is 0 Å². The van der Waals surface area contributed by atoms with E-state index >= 15 is 0 Å². The summed E-state index contributed by atoms with van der Waals surface area (Å²) in [5.41, 5.74) is 19.4. The van der Waals surface area contributed by atoms with Gasteiger partial charge in [-0.1, -0.05) is 60.7 Å². The lowest BCUT2D eigenvalue weighted by Crippen LogP contribution is -2.30. The summed E-state index contributed by atoms with van der Waals surface area (Å²) in [6, 6.07) is 25.4. The molecule has 1 heteroatoms. The lowest BCUT2D eigenvalue weighted by atomic mass is 9.78. The molecule has 0 atom stereocenters. The van der Waals surface area contributed by atoms with Crippen molar-refractivity contribution in [2.75, 3.05) is 4.90 Å². The molecule has 0 saturated carbocycles. The number of fused-ring (bicyclic) bond motifs is 4. The summed E-state index contributed by atoms with van der Waals surface area (Å²) in [5.74, 6) is 0. The van der Waals surface area contributed by atoms with E-state index in [-0.39, 0.29) is 0 Å². The zero-order valence-corrected chi connectivity index (χ0v) is 16.1. The Kier molecular flexibility index (Phi) is 2.43. The van der Waals surface area contributed by atoms with E-state index in [0.717, 1.165) is 25.7 Å². The Morgan fingerprint density at radius 3 is 1.79 bits per heavy atom. The molecule has 0 N–H and O–H groups in total. The molecule has 0 unspecified atom stereocenters. The van der Waals surface area contributed by atoms with Crippen LogP contribution in [0, 0.1) is 0 Å². The molecule has 4 aromatic carbocycles. The van der Waals surface area contributed by atoms with Crippen LogP contribution in [0.5, 0.6) is 0 Å². The van der Waals surface area contributed by atoms with Crippen molar-refractivity contribution >= 4 is 17.1 Å². The fourth-order valence-corrected chi connectivity index (χ4v) is 6.37. The van der Waals surface area contributed by atoms with E-state index in [4.69, 9.17) is 0 Å². The van der Waals surface area contributed by atoms with Crippen LogP contribution in [-0.2, 0) is 25.7 Å².